The monoisotopic (exact) mass is 374 g/mol. The summed E-state index contributed by atoms with van der Waals surface area (Å²) < 4.78 is 23.8. The minimum Gasteiger partial charge on any atom is -0.303 e. The number of nitrogens with zero attached hydrogens (tertiary/aromatic N) is 2. The van der Waals surface area contributed by atoms with Gasteiger partial charge in [-0.1, -0.05) is 23.7 Å². The number of benzene rings is 2. The van der Waals surface area contributed by atoms with Crippen LogP contribution in [0.3, 0.4) is 0 Å². The predicted octanol–water partition coefficient (Wildman–Crippen LogP) is 3.05. The summed E-state index contributed by atoms with van der Waals surface area (Å²) in [5.41, 5.74) is 1.14. The highest BCUT2D eigenvalue weighted by molar-refractivity contribution is 7.91. The smallest absolute Gasteiger partial charge is 0.258 e. The fourth-order valence-corrected chi connectivity index (χ4v) is 4.79. The van der Waals surface area contributed by atoms with Crippen LogP contribution in [0.1, 0.15) is 22.3 Å². The highest BCUT2D eigenvalue weighted by atomic mass is 35.5. The van der Waals surface area contributed by atoms with Crippen LogP contribution in [0.5, 0.6) is 0 Å². The van der Waals surface area contributed by atoms with E-state index in [0.29, 0.717) is 28.3 Å². The molecule has 5 nitrogen and oxygen atoms in total. The van der Waals surface area contributed by atoms with Crippen LogP contribution < -0.4 is 4.90 Å². The van der Waals surface area contributed by atoms with Gasteiger partial charge in [-0.2, -0.15) is 5.26 Å². The first-order valence-electron chi connectivity index (χ1n) is 7.70. The van der Waals surface area contributed by atoms with Gasteiger partial charge in [0.2, 0.25) is 0 Å². The number of para-hydroxylation sites is 1. The summed E-state index contributed by atoms with van der Waals surface area (Å²) in [6, 6.07) is 14.7. The van der Waals surface area contributed by atoms with Crippen LogP contribution in [0, 0.1) is 11.3 Å². The van der Waals surface area contributed by atoms with E-state index in [9.17, 15) is 18.5 Å². The highest BCUT2D eigenvalue weighted by Crippen LogP contribution is 2.29. The Labute approximate surface area is 151 Å². The van der Waals surface area contributed by atoms with Crippen molar-refractivity contribution in [2.75, 3.05) is 16.4 Å². The Morgan fingerprint density at radius 3 is 2.44 bits per heavy atom. The van der Waals surface area contributed by atoms with Crippen molar-refractivity contribution >= 4 is 33.0 Å². The summed E-state index contributed by atoms with van der Waals surface area (Å²) in [7, 11) is -3.19. The molecular weight excluding hydrogens is 360 g/mol. The second kappa shape index (κ2) is 6.87. The zero-order valence-corrected chi connectivity index (χ0v) is 14.8. The maximum atomic E-state index is 13.1. The first-order chi connectivity index (χ1) is 11.9. The molecule has 25 heavy (non-hydrogen) atoms. The van der Waals surface area contributed by atoms with Crippen LogP contribution >= 0.6 is 11.6 Å². The van der Waals surface area contributed by atoms with E-state index in [0.717, 1.165) is 0 Å². The van der Waals surface area contributed by atoms with Crippen molar-refractivity contribution in [2.45, 2.75) is 12.5 Å². The topological polar surface area (TPSA) is 78.2 Å². The van der Waals surface area contributed by atoms with Gasteiger partial charge in [0.25, 0.3) is 5.91 Å². The second-order valence-corrected chi connectivity index (χ2v) is 8.53. The molecule has 1 unspecified atom stereocenters. The third-order valence-corrected chi connectivity index (χ3v) is 6.17. The summed E-state index contributed by atoms with van der Waals surface area (Å²) in [5.74, 6) is -0.412. The third-order valence-electron chi connectivity index (χ3n) is 4.17. The number of halogens is 1. The van der Waals surface area contributed by atoms with E-state index < -0.39 is 15.9 Å². The molecule has 1 aliphatic rings. The van der Waals surface area contributed by atoms with Crippen LogP contribution in [0.25, 0.3) is 0 Å². The minimum atomic E-state index is -3.19. The fourth-order valence-electron chi connectivity index (χ4n) is 2.96. The summed E-state index contributed by atoms with van der Waals surface area (Å²) >= 11 is 5.88. The van der Waals surface area contributed by atoms with Gasteiger partial charge >= 0.3 is 0 Å². The molecule has 1 fully saturated rings. The first kappa shape index (κ1) is 17.5. The van der Waals surface area contributed by atoms with Crippen LogP contribution in [-0.2, 0) is 9.84 Å². The van der Waals surface area contributed by atoms with E-state index >= 15 is 0 Å². The normalized spacial score (nSPS) is 18.5. The molecule has 0 N–H and O–H groups in total. The Kier molecular flexibility index (Phi) is 4.80. The molecule has 0 saturated carbocycles. The molecule has 0 aliphatic carbocycles. The zero-order chi connectivity index (χ0) is 18.0. The molecule has 3 rings (SSSR count). The molecule has 1 amide bonds. The van der Waals surface area contributed by atoms with Gasteiger partial charge in [0.05, 0.1) is 28.8 Å². The maximum absolute atomic E-state index is 13.1. The number of hydrogen-bond acceptors (Lipinski definition) is 4. The van der Waals surface area contributed by atoms with E-state index in [-0.39, 0.29) is 17.4 Å². The van der Waals surface area contributed by atoms with Gasteiger partial charge in [0, 0.05) is 10.6 Å². The van der Waals surface area contributed by atoms with Gasteiger partial charge in [-0.05, 0) is 42.8 Å². The summed E-state index contributed by atoms with van der Waals surface area (Å²) in [4.78, 5) is 14.5. The lowest BCUT2D eigenvalue weighted by atomic mass is 10.1. The Morgan fingerprint density at radius 2 is 1.84 bits per heavy atom. The number of hydrogen-bond donors (Lipinski definition) is 0. The molecule has 0 bridgehead atoms. The van der Waals surface area contributed by atoms with E-state index in [4.69, 9.17) is 11.6 Å². The Hall–Kier alpha value is -2.36. The summed E-state index contributed by atoms with van der Waals surface area (Å²) in [6.07, 6.45) is 0.349. The molecule has 0 radical (unpaired) electrons. The van der Waals surface area contributed by atoms with Gasteiger partial charge in [-0.15, -0.1) is 0 Å². The van der Waals surface area contributed by atoms with Crippen molar-refractivity contribution in [2.24, 2.45) is 0 Å². The number of carbonyl (C=O) groups excluding carboxylic acids is 1. The molecule has 2 aromatic carbocycles. The van der Waals surface area contributed by atoms with E-state index in [1.165, 1.54) is 4.90 Å². The fraction of sp³-hybridized carbons (Fsp3) is 0.222. The SMILES string of the molecule is N#Cc1ccccc1N(C(=O)c1ccc(Cl)cc1)C1CCS(=O)(=O)C1. The van der Waals surface area contributed by atoms with Gasteiger partial charge in [0.1, 0.15) is 6.07 Å². The van der Waals surface area contributed by atoms with Crippen LogP contribution in [0.15, 0.2) is 48.5 Å². The van der Waals surface area contributed by atoms with Gasteiger partial charge in [-0.25, -0.2) is 8.42 Å². The standard InChI is InChI=1S/C18H15ClN2O3S/c19-15-7-5-13(6-8-15)18(22)21(16-9-10-25(23,24)12-16)17-4-2-1-3-14(17)11-20/h1-8,16H,9-10,12H2. The van der Waals surface area contributed by atoms with Gasteiger partial charge in [0.15, 0.2) is 9.84 Å². The van der Waals surface area contributed by atoms with Crippen LogP contribution in [0.4, 0.5) is 5.69 Å². The number of anilines is 1. The second-order valence-electron chi connectivity index (χ2n) is 5.87. The summed E-state index contributed by atoms with van der Waals surface area (Å²) in [5, 5.41) is 9.88. The molecule has 1 aliphatic heterocycles. The molecule has 0 aromatic heterocycles. The van der Waals surface area contributed by atoms with Crippen molar-refractivity contribution in [3.05, 3.63) is 64.7 Å². The molecule has 2 aromatic rings. The van der Waals surface area contributed by atoms with E-state index in [1.807, 2.05) is 0 Å². The van der Waals surface area contributed by atoms with Crippen molar-refractivity contribution < 1.29 is 13.2 Å². The van der Waals surface area contributed by atoms with Crippen molar-refractivity contribution in [3.63, 3.8) is 0 Å². The Morgan fingerprint density at radius 1 is 1.16 bits per heavy atom. The number of sulfone groups is 1. The maximum Gasteiger partial charge on any atom is 0.258 e. The number of carbonyl (C=O) groups is 1. The lowest BCUT2D eigenvalue weighted by Gasteiger charge is -2.29. The molecule has 1 heterocycles. The lowest BCUT2D eigenvalue weighted by molar-refractivity contribution is 0.0979. The molecule has 1 saturated heterocycles. The number of rotatable bonds is 3. The minimum absolute atomic E-state index is 0.0385. The van der Waals surface area contributed by atoms with Crippen molar-refractivity contribution in [1.82, 2.24) is 0 Å². The largest absolute Gasteiger partial charge is 0.303 e. The number of amides is 1. The summed E-state index contributed by atoms with van der Waals surface area (Å²) in [6.45, 7) is 0. The average molecular weight is 375 g/mol. The molecule has 0 spiro atoms. The van der Waals surface area contributed by atoms with E-state index in [1.54, 1.807) is 48.5 Å². The lowest BCUT2D eigenvalue weighted by Crippen LogP contribution is -2.41. The van der Waals surface area contributed by atoms with E-state index in [2.05, 4.69) is 6.07 Å². The van der Waals surface area contributed by atoms with Gasteiger partial charge in [-0.3, -0.25) is 4.79 Å². The van der Waals surface area contributed by atoms with Gasteiger partial charge < -0.3 is 4.90 Å². The third kappa shape index (κ3) is 3.68. The highest BCUT2D eigenvalue weighted by Gasteiger charge is 2.36. The average Bonchev–Trinajstić information content (AvgIpc) is 2.95. The number of nitriles is 1. The quantitative estimate of drug-likeness (QED) is 0.827. The molecule has 128 valence electrons. The molecular formula is C18H15ClN2O3S. The molecule has 1 atom stereocenters. The van der Waals surface area contributed by atoms with Crippen LogP contribution in [-0.4, -0.2) is 31.9 Å². The first-order valence-corrected chi connectivity index (χ1v) is 9.90. The van der Waals surface area contributed by atoms with Crippen LogP contribution in [0.2, 0.25) is 5.02 Å². The van der Waals surface area contributed by atoms with Crippen molar-refractivity contribution in [1.29, 1.82) is 5.26 Å². The Balaban J connectivity index is 2.08. The zero-order valence-electron chi connectivity index (χ0n) is 13.2. The molecule has 7 heteroatoms. The van der Waals surface area contributed by atoms with Crippen molar-refractivity contribution in [3.8, 4) is 6.07 Å². The Bertz CT molecular complexity index is 949. The predicted molar refractivity (Wildman–Crippen MR) is 96.5 cm³/mol.